The van der Waals surface area contributed by atoms with Crippen LogP contribution in [0.2, 0.25) is 0 Å². The zero-order chi connectivity index (χ0) is 37.0. The van der Waals surface area contributed by atoms with E-state index >= 15 is 0 Å². The minimum absolute atomic E-state index is 0.0232. The Morgan fingerprint density at radius 2 is 1.11 bits per heavy atom. The number of ether oxygens (including phenoxy) is 1. The largest absolute Gasteiger partial charge is 0.484 e. The third-order valence-corrected chi connectivity index (χ3v) is 11.6. The second-order valence-corrected chi connectivity index (χ2v) is 14.8. The smallest absolute Gasteiger partial charge is 0.132 e. The summed E-state index contributed by atoms with van der Waals surface area (Å²) in [5.74, 6) is 1.14. The van der Waals surface area contributed by atoms with Gasteiger partial charge in [-0.1, -0.05) is 176 Å². The summed E-state index contributed by atoms with van der Waals surface area (Å²) >= 11 is 0. The van der Waals surface area contributed by atoms with Crippen molar-refractivity contribution in [1.29, 1.82) is 0 Å². The zero-order valence-electron chi connectivity index (χ0n) is 30.7. The number of anilines is 3. The molecule has 0 saturated carbocycles. The molecular weight excluding hydrogens is 679 g/mol. The monoisotopic (exact) mass is 715 g/mol. The van der Waals surface area contributed by atoms with Crippen molar-refractivity contribution < 1.29 is 4.74 Å². The molecule has 56 heavy (non-hydrogen) atoms. The van der Waals surface area contributed by atoms with Gasteiger partial charge in [-0.05, 0) is 91.2 Å². The van der Waals surface area contributed by atoms with E-state index in [2.05, 4.69) is 217 Å². The molecule has 1 aliphatic carbocycles. The van der Waals surface area contributed by atoms with Crippen LogP contribution in [0.4, 0.5) is 17.1 Å². The molecule has 9 aromatic carbocycles. The van der Waals surface area contributed by atoms with E-state index < -0.39 is 0 Å². The highest BCUT2D eigenvalue weighted by molar-refractivity contribution is 6.12. The van der Waals surface area contributed by atoms with Gasteiger partial charge >= 0.3 is 0 Å². The molecule has 9 aromatic rings. The first kappa shape index (κ1) is 32.3. The topological polar surface area (TPSA) is 12.5 Å². The third kappa shape index (κ3) is 5.41. The van der Waals surface area contributed by atoms with Crippen molar-refractivity contribution >= 4 is 55.0 Å². The first-order valence-corrected chi connectivity index (χ1v) is 19.4. The van der Waals surface area contributed by atoms with Crippen LogP contribution in [0.25, 0.3) is 60.1 Å². The molecule has 2 unspecified atom stereocenters. The summed E-state index contributed by atoms with van der Waals surface area (Å²) in [5.41, 5.74) is 11.7. The SMILES string of the molecule is C1=CC2Oc3c(ccc4ccccc34)C2C=C1c1ccccc1N(c1ccc(-c2cccc3c2ccc2ccccc23)cc1)c1cccc(-c2ccccc2)c1. The molecule has 1 heterocycles. The van der Waals surface area contributed by atoms with Crippen molar-refractivity contribution in [1.82, 2.24) is 0 Å². The number of allylic oxidation sites excluding steroid dienone is 2. The summed E-state index contributed by atoms with van der Waals surface area (Å²) in [4.78, 5) is 2.41. The van der Waals surface area contributed by atoms with Crippen molar-refractivity contribution in [3.05, 3.63) is 223 Å². The molecule has 0 N–H and O–H groups in total. The molecule has 2 atom stereocenters. The molecule has 0 amide bonds. The van der Waals surface area contributed by atoms with E-state index in [1.807, 2.05) is 0 Å². The second-order valence-electron chi connectivity index (χ2n) is 14.8. The molecule has 2 heteroatoms. The minimum Gasteiger partial charge on any atom is -0.484 e. The summed E-state index contributed by atoms with van der Waals surface area (Å²) in [6, 6.07) is 70.3. The van der Waals surface area contributed by atoms with E-state index in [1.165, 1.54) is 71.3 Å². The minimum atomic E-state index is -0.0232. The molecular formula is C54H37NO. The molecule has 0 radical (unpaired) electrons. The molecule has 11 rings (SSSR count). The Kier molecular flexibility index (Phi) is 7.67. The van der Waals surface area contributed by atoms with Gasteiger partial charge < -0.3 is 9.64 Å². The van der Waals surface area contributed by atoms with Gasteiger partial charge in [-0.2, -0.15) is 0 Å². The highest BCUT2D eigenvalue weighted by atomic mass is 16.5. The van der Waals surface area contributed by atoms with Crippen LogP contribution < -0.4 is 9.64 Å². The van der Waals surface area contributed by atoms with Crippen LogP contribution in [-0.2, 0) is 0 Å². The Morgan fingerprint density at radius 1 is 0.429 bits per heavy atom. The fourth-order valence-corrected chi connectivity index (χ4v) is 8.89. The molecule has 2 nitrogen and oxygen atoms in total. The van der Waals surface area contributed by atoms with Gasteiger partial charge in [0.25, 0.3) is 0 Å². The van der Waals surface area contributed by atoms with E-state index in [0.717, 1.165) is 22.8 Å². The van der Waals surface area contributed by atoms with E-state index in [4.69, 9.17) is 4.74 Å². The predicted octanol–water partition coefficient (Wildman–Crippen LogP) is 14.4. The number of hydrogen-bond donors (Lipinski definition) is 0. The van der Waals surface area contributed by atoms with Crippen LogP contribution >= 0.6 is 0 Å². The maximum Gasteiger partial charge on any atom is 0.132 e. The summed E-state index contributed by atoms with van der Waals surface area (Å²) in [6.07, 6.45) is 6.88. The molecule has 1 aliphatic heterocycles. The van der Waals surface area contributed by atoms with E-state index in [1.54, 1.807) is 0 Å². The number of rotatable bonds is 6. The van der Waals surface area contributed by atoms with Crippen molar-refractivity contribution in [3.8, 4) is 28.0 Å². The van der Waals surface area contributed by atoms with Crippen molar-refractivity contribution in [2.75, 3.05) is 4.90 Å². The summed E-state index contributed by atoms with van der Waals surface area (Å²) in [6.45, 7) is 0. The van der Waals surface area contributed by atoms with Gasteiger partial charge in [-0.3, -0.25) is 0 Å². The van der Waals surface area contributed by atoms with Crippen LogP contribution in [0.1, 0.15) is 17.0 Å². The fourth-order valence-electron chi connectivity index (χ4n) is 8.89. The van der Waals surface area contributed by atoms with Gasteiger partial charge in [0.15, 0.2) is 0 Å². The quantitative estimate of drug-likeness (QED) is 0.159. The lowest BCUT2D eigenvalue weighted by atomic mass is 9.85. The van der Waals surface area contributed by atoms with Gasteiger partial charge in [0.05, 0.1) is 5.69 Å². The van der Waals surface area contributed by atoms with Crippen LogP contribution in [0.15, 0.2) is 212 Å². The summed E-state index contributed by atoms with van der Waals surface area (Å²) in [7, 11) is 0. The van der Waals surface area contributed by atoms with E-state index in [-0.39, 0.29) is 12.0 Å². The fraction of sp³-hybridized carbons (Fsp3) is 0.0370. The van der Waals surface area contributed by atoms with Crippen molar-refractivity contribution in [3.63, 3.8) is 0 Å². The lowest BCUT2D eigenvalue weighted by Gasteiger charge is -2.29. The second kappa shape index (κ2) is 13.3. The third-order valence-electron chi connectivity index (χ3n) is 11.6. The highest BCUT2D eigenvalue weighted by Gasteiger charge is 2.35. The van der Waals surface area contributed by atoms with E-state index in [0.29, 0.717) is 0 Å². The van der Waals surface area contributed by atoms with Gasteiger partial charge in [0.2, 0.25) is 0 Å². The van der Waals surface area contributed by atoms with Gasteiger partial charge in [0.1, 0.15) is 11.9 Å². The zero-order valence-corrected chi connectivity index (χ0v) is 30.7. The first-order chi connectivity index (χ1) is 27.8. The molecule has 0 fully saturated rings. The van der Waals surface area contributed by atoms with Crippen LogP contribution in [0, 0.1) is 0 Å². The van der Waals surface area contributed by atoms with Crippen LogP contribution in [0.3, 0.4) is 0 Å². The van der Waals surface area contributed by atoms with Gasteiger partial charge in [0, 0.05) is 33.8 Å². The molecule has 0 bridgehead atoms. The number of para-hydroxylation sites is 1. The maximum atomic E-state index is 6.63. The van der Waals surface area contributed by atoms with Crippen LogP contribution in [0.5, 0.6) is 5.75 Å². The number of fused-ring (bicyclic) bond motifs is 8. The Balaban J connectivity index is 1.04. The first-order valence-electron chi connectivity index (χ1n) is 19.4. The standard InChI is InChI=1S/C54H37NO/c1-2-12-36(13-3-1)40-16-10-17-43(34-40)55(42-29-24-39(25-30-42)45-21-11-22-48-44-18-6-4-14-37(44)26-31-49(45)48)52-23-9-8-19-46(52)41-28-33-53-51(35-41)50-32-27-38-15-5-7-20-47(38)54(50)56-53/h1-35,51,53H. The Labute approximate surface area is 326 Å². The average molecular weight is 716 g/mol. The molecule has 264 valence electrons. The van der Waals surface area contributed by atoms with Gasteiger partial charge in [-0.15, -0.1) is 0 Å². The lowest BCUT2D eigenvalue weighted by molar-refractivity contribution is 0.272. The number of nitrogens with zero attached hydrogens (tertiary/aromatic N) is 1. The normalized spacial score (nSPS) is 15.7. The predicted molar refractivity (Wildman–Crippen MR) is 235 cm³/mol. The van der Waals surface area contributed by atoms with Crippen LogP contribution in [-0.4, -0.2) is 6.10 Å². The summed E-state index contributed by atoms with van der Waals surface area (Å²) < 4.78 is 6.63. The molecule has 2 aliphatic rings. The Hall–Kier alpha value is -7.16. The number of benzene rings is 9. The van der Waals surface area contributed by atoms with E-state index in [9.17, 15) is 0 Å². The lowest BCUT2D eigenvalue weighted by Crippen LogP contribution is -2.18. The molecule has 0 aromatic heterocycles. The highest BCUT2D eigenvalue weighted by Crippen LogP contribution is 2.49. The molecule has 0 spiro atoms. The summed E-state index contributed by atoms with van der Waals surface area (Å²) in [5, 5.41) is 7.46. The van der Waals surface area contributed by atoms with Gasteiger partial charge in [-0.25, -0.2) is 0 Å². The number of hydrogen-bond acceptors (Lipinski definition) is 2. The van der Waals surface area contributed by atoms with Crippen molar-refractivity contribution in [2.45, 2.75) is 12.0 Å². The Bertz CT molecular complexity index is 3010. The molecule has 0 saturated heterocycles. The average Bonchev–Trinajstić information content (AvgIpc) is 3.66. The maximum absolute atomic E-state index is 6.63. The van der Waals surface area contributed by atoms with Crippen molar-refractivity contribution in [2.24, 2.45) is 0 Å². The Morgan fingerprint density at radius 3 is 1.98 bits per heavy atom.